The van der Waals surface area contributed by atoms with Crippen LogP contribution in [0.1, 0.15) is 23.7 Å². The number of hydrogen-bond donors (Lipinski definition) is 3. The predicted octanol–water partition coefficient (Wildman–Crippen LogP) is 1.45. The second-order valence-electron chi connectivity index (χ2n) is 6.82. The molecule has 0 spiro atoms. The first kappa shape index (κ1) is 17.8. The van der Waals surface area contributed by atoms with Crippen LogP contribution in [0, 0.1) is 12.7 Å². The van der Waals surface area contributed by atoms with E-state index in [0.29, 0.717) is 23.4 Å². The first-order valence-corrected chi connectivity index (χ1v) is 8.79. The third kappa shape index (κ3) is 3.05. The Morgan fingerprint density at radius 2 is 2.07 bits per heavy atom. The molecule has 1 fully saturated rings. The van der Waals surface area contributed by atoms with Crippen molar-refractivity contribution in [2.24, 2.45) is 5.73 Å². The zero-order valence-corrected chi connectivity index (χ0v) is 14.8. The van der Waals surface area contributed by atoms with Crippen molar-refractivity contribution in [3.63, 3.8) is 0 Å². The molecule has 1 aliphatic carbocycles. The molecule has 0 aliphatic heterocycles. The number of ether oxygens (including phenoxy) is 1. The molecule has 7 nitrogen and oxygen atoms in total. The average Bonchev–Trinajstić information content (AvgIpc) is 3.20. The van der Waals surface area contributed by atoms with Crippen LogP contribution in [0.2, 0.25) is 0 Å². The summed E-state index contributed by atoms with van der Waals surface area (Å²) in [6.45, 7) is 2.00. The molecule has 1 aromatic carbocycles. The number of hydrogen-bond acceptors (Lipinski definition) is 6. The lowest BCUT2D eigenvalue weighted by atomic mass is 10.2. The fraction of sp³-hybridized carbons (Fsp3) is 0.368. The Bertz CT molecular complexity index is 977. The van der Waals surface area contributed by atoms with Crippen molar-refractivity contribution in [1.29, 1.82) is 0 Å². The number of aromatic nitrogens is 3. The van der Waals surface area contributed by atoms with Crippen LogP contribution in [0.4, 0.5) is 4.39 Å². The lowest BCUT2D eigenvalue weighted by molar-refractivity contribution is -0.0166. The first-order chi connectivity index (χ1) is 13.0. The van der Waals surface area contributed by atoms with E-state index < -0.39 is 30.2 Å². The maximum absolute atomic E-state index is 13.4. The highest BCUT2D eigenvalue weighted by atomic mass is 19.1. The van der Waals surface area contributed by atoms with Gasteiger partial charge in [0.25, 0.3) is 0 Å². The molecule has 2 aromatic heterocycles. The predicted molar refractivity (Wildman–Crippen MR) is 96.6 cm³/mol. The quantitative estimate of drug-likeness (QED) is 0.640. The normalized spacial score (nSPS) is 25.2. The van der Waals surface area contributed by atoms with Gasteiger partial charge >= 0.3 is 0 Å². The Morgan fingerprint density at radius 3 is 2.85 bits per heavy atom. The zero-order chi connectivity index (χ0) is 19.1. The van der Waals surface area contributed by atoms with Gasteiger partial charge in [-0.05, 0) is 31.2 Å². The van der Waals surface area contributed by atoms with Gasteiger partial charge in [-0.2, -0.15) is 0 Å². The molecular formula is C19H21FN4O3. The molecule has 4 rings (SSSR count). The van der Waals surface area contributed by atoms with Gasteiger partial charge in [0, 0.05) is 30.1 Å². The molecule has 4 atom stereocenters. The molecular weight excluding hydrogens is 351 g/mol. The van der Waals surface area contributed by atoms with E-state index in [-0.39, 0.29) is 6.54 Å². The Kier molecular flexibility index (Phi) is 4.55. The van der Waals surface area contributed by atoms with E-state index in [0.717, 1.165) is 11.1 Å². The van der Waals surface area contributed by atoms with E-state index >= 15 is 0 Å². The van der Waals surface area contributed by atoms with E-state index in [1.807, 2.05) is 23.8 Å². The Balaban J connectivity index is 1.62. The summed E-state index contributed by atoms with van der Waals surface area (Å²) in [6, 6.07) is 5.57. The van der Waals surface area contributed by atoms with Crippen LogP contribution in [0.5, 0.6) is 5.75 Å². The fourth-order valence-corrected chi connectivity index (χ4v) is 3.71. The van der Waals surface area contributed by atoms with Crippen LogP contribution in [0.25, 0.3) is 11.0 Å². The van der Waals surface area contributed by atoms with E-state index in [2.05, 4.69) is 9.97 Å². The van der Waals surface area contributed by atoms with E-state index in [1.165, 1.54) is 24.5 Å². The number of benzene rings is 1. The number of nitrogens with zero attached hydrogens (tertiary/aromatic N) is 3. The Hall–Kier alpha value is -2.55. The SMILES string of the molecule is Cc1ncnc2c1ccn2[C@@H]1C[C@H](Oc2ccc(F)cc2CN)[C@@H](O)[C@H]1O. The summed E-state index contributed by atoms with van der Waals surface area (Å²) in [4.78, 5) is 8.49. The topological polar surface area (TPSA) is 106 Å². The standard InChI is InChI=1S/C19H21FN4O3/c1-10-13-4-5-24(19(13)23-9-22-10)14-7-16(18(26)17(14)25)27-15-3-2-12(20)6-11(15)8-21/h2-6,9,14,16-18,25-26H,7-8,21H2,1H3/t14-,16+,17+,18-/m1/s1. The number of aryl methyl sites for hydroxylation is 1. The van der Waals surface area contributed by atoms with Gasteiger partial charge in [-0.25, -0.2) is 14.4 Å². The minimum Gasteiger partial charge on any atom is -0.487 e. The highest BCUT2D eigenvalue weighted by molar-refractivity contribution is 5.78. The van der Waals surface area contributed by atoms with Crippen LogP contribution < -0.4 is 10.5 Å². The van der Waals surface area contributed by atoms with Crippen LogP contribution in [-0.2, 0) is 6.54 Å². The second-order valence-corrected chi connectivity index (χ2v) is 6.82. The lowest BCUT2D eigenvalue weighted by Crippen LogP contribution is -2.34. The molecule has 0 amide bonds. The van der Waals surface area contributed by atoms with Crippen molar-refractivity contribution >= 4 is 11.0 Å². The summed E-state index contributed by atoms with van der Waals surface area (Å²) in [5, 5.41) is 22.0. The van der Waals surface area contributed by atoms with Gasteiger partial charge in [0.05, 0.1) is 11.7 Å². The van der Waals surface area contributed by atoms with Crippen molar-refractivity contribution in [2.75, 3.05) is 0 Å². The van der Waals surface area contributed by atoms with Gasteiger partial charge in [-0.15, -0.1) is 0 Å². The number of fused-ring (bicyclic) bond motifs is 1. The minimum absolute atomic E-state index is 0.111. The van der Waals surface area contributed by atoms with E-state index in [9.17, 15) is 14.6 Å². The summed E-state index contributed by atoms with van der Waals surface area (Å²) >= 11 is 0. The highest BCUT2D eigenvalue weighted by Gasteiger charge is 2.44. The summed E-state index contributed by atoms with van der Waals surface area (Å²) < 4.78 is 21.1. The van der Waals surface area contributed by atoms with Crippen molar-refractivity contribution in [3.8, 4) is 5.75 Å². The molecule has 8 heteroatoms. The van der Waals surface area contributed by atoms with Crippen molar-refractivity contribution in [2.45, 2.75) is 44.2 Å². The zero-order valence-electron chi connectivity index (χ0n) is 14.8. The average molecular weight is 372 g/mol. The lowest BCUT2D eigenvalue weighted by Gasteiger charge is -2.20. The van der Waals surface area contributed by atoms with Gasteiger partial charge in [0.15, 0.2) is 0 Å². The number of rotatable bonds is 4. The van der Waals surface area contributed by atoms with Gasteiger partial charge < -0.3 is 25.3 Å². The first-order valence-electron chi connectivity index (χ1n) is 8.79. The second kappa shape index (κ2) is 6.88. The van der Waals surface area contributed by atoms with Crippen LogP contribution >= 0.6 is 0 Å². The summed E-state index contributed by atoms with van der Waals surface area (Å²) in [5.41, 5.74) is 7.71. The monoisotopic (exact) mass is 372 g/mol. The molecule has 1 saturated carbocycles. The van der Waals surface area contributed by atoms with Crippen molar-refractivity contribution < 1.29 is 19.3 Å². The third-order valence-electron chi connectivity index (χ3n) is 5.19. The molecule has 0 bridgehead atoms. The van der Waals surface area contributed by atoms with Crippen molar-refractivity contribution in [3.05, 3.63) is 53.9 Å². The summed E-state index contributed by atoms with van der Waals surface area (Å²) in [7, 11) is 0. The molecule has 2 heterocycles. The molecule has 142 valence electrons. The molecule has 1 aliphatic rings. The number of nitrogens with two attached hydrogens (primary N) is 1. The largest absolute Gasteiger partial charge is 0.487 e. The minimum atomic E-state index is -1.09. The number of aliphatic hydroxyl groups is 2. The van der Waals surface area contributed by atoms with E-state index in [4.69, 9.17) is 10.5 Å². The van der Waals surface area contributed by atoms with Gasteiger partial charge in [-0.3, -0.25) is 0 Å². The Labute approximate surface area is 155 Å². The van der Waals surface area contributed by atoms with Gasteiger partial charge in [0.2, 0.25) is 0 Å². The van der Waals surface area contributed by atoms with Crippen LogP contribution in [0.3, 0.4) is 0 Å². The van der Waals surface area contributed by atoms with Crippen molar-refractivity contribution in [1.82, 2.24) is 14.5 Å². The summed E-state index contributed by atoms with van der Waals surface area (Å²) in [5.74, 6) is 0.00730. The number of halogens is 1. The molecule has 27 heavy (non-hydrogen) atoms. The van der Waals surface area contributed by atoms with Crippen LogP contribution in [-0.4, -0.2) is 43.1 Å². The number of aliphatic hydroxyl groups excluding tert-OH is 2. The van der Waals surface area contributed by atoms with Crippen LogP contribution in [0.15, 0.2) is 36.8 Å². The molecule has 0 unspecified atom stereocenters. The smallest absolute Gasteiger partial charge is 0.143 e. The molecule has 3 aromatic rings. The fourth-order valence-electron chi connectivity index (χ4n) is 3.71. The molecule has 0 radical (unpaired) electrons. The maximum atomic E-state index is 13.4. The van der Waals surface area contributed by atoms with Gasteiger partial charge in [0.1, 0.15) is 41.9 Å². The third-order valence-corrected chi connectivity index (χ3v) is 5.19. The van der Waals surface area contributed by atoms with E-state index in [1.54, 1.807) is 0 Å². The maximum Gasteiger partial charge on any atom is 0.143 e. The van der Waals surface area contributed by atoms with Gasteiger partial charge in [-0.1, -0.05) is 0 Å². The summed E-state index contributed by atoms with van der Waals surface area (Å²) in [6.07, 6.45) is 0.913. The molecule has 4 N–H and O–H groups in total. The highest BCUT2D eigenvalue weighted by Crippen LogP contribution is 2.36. The molecule has 0 saturated heterocycles. The Morgan fingerprint density at radius 1 is 1.26 bits per heavy atom.